The van der Waals surface area contributed by atoms with Crippen molar-refractivity contribution in [3.8, 4) is 5.75 Å². The van der Waals surface area contributed by atoms with Crippen molar-refractivity contribution in [2.75, 3.05) is 7.11 Å². The molecule has 0 aliphatic heterocycles. The largest absolute Gasteiger partial charge is 0.496 e. The molecule has 148 valence electrons. The number of hydrogen-bond acceptors (Lipinski definition) is 4. The molecule has 2 heterocycles. The number of ether oxygens (including phenoxy) is 1. The van der Waals surface area contributed by atoms with Crippen molar-refractivity contribution in [3.63, 3.8) is 0 Å². The highest BCUT2D eigenvalue weighted by Gasteiger charge is 2.14. The first kappa shape index (κ1) is 18.7. The van der Waals surface area contributed by atoms with Crippen LogP contribution < -0.4 is 15.6 Å². The normalized spacial score (nSPS) is 11.1. The fourth-order valence-electron chi connectivity index (χ4n) is 3.68. The van der Waals surface area contributed by atoms with Crippen LogP contribution in [0, 0.1) is 0 Å². The Morgan fingerprint density at radius 1 is 1.14 bits per heavy atom. The molecule has 0 atom stereocenters. The van der Waals surface area contributed by atoms with E-state index in [1.165, 1.54) is 0 Å². The Balaban J connectivity index is 1.45. The van der Waals surface area contributed by atoms with Gasteiger partial charge < -0.3 is 14.6 Å². The fraction of sp³-hybridized carbons (Fsp3) is 0.227. The molecule has 7 nitrogen and oxygen atoms in total. The second-order valence-corrected chi connectivity index (χ2v) is 6.82. The van der Waals surface area contributed by atoms with Gasteiger partial charge in [0.2, 0.25) is 5.91 Å². The smallest absolute Gasteiger partial charge is 0.288 e. The molecule has 2 aromatic heterocycles. The van der Waals surface area contributed by atoms with E-state index in [0.29, 0.717) is 31.4 Å². The van der Waals surface area contributed by atoms with Gasteiger partial charge in [0, 0.05) is 41.4 Å². The number of nitrogens with one attached hydrogen (secondary N) is 2. The van der Waals surface area contributed by atoms with E-state index in [1.807, 2.05) is 53.1 Å². The third-order valence-electron chi connectivity index (χ3n) is 5.04. The van der Waals surface area contributed by atoms with Crippen molar-refractivity contribution in [1.29, 1.82) is 0 Å². The number of para-hydroxylation sites is 2. The zero-order valence-electron chi connectivity index (χ0n) is 16.1. The third-order valence-corrected chi connectivity index (χ3v) is 5.04. The van der Waals surface area contributed by atoms with Crippen LogP contribution in [0.1, 0.15) is 18.4 Å². The van der Waals surface area contributed by atoms with Gasteiger partial charge in [-0.1, -0.05) is 36.4 Å². The second kappa shape index (κ2) is 8.18. The molecule has 1 amide bonds. The van der Waals surface area contributed by atoms with Gasteiger partial charge in [0.15, 0.2) is 0 Å². The van der Waals surface area contributed by atoms with E-state index >= 15 is 0 Å². The molecule has 2 aromatic carbocycles. The molecule has 2 N–H and O–H groups in total. The van der Waals surface area contributed by atoms with Crippen LogP contribution in [0.5, 0.6) is 5.75 Å². The highest BCUT2D eigenvalue weighted by atomic mass is 16.5. The van der Waals surface area contributed by atoms with E-state index in [1.54, 1.807) is 13.3 Å². The van der Waals surface area contributed by atoms with Gasteiger partial charge in [-0.3, -0.25) is 9.59 Å². The summed E-state index contributed by atoms with van der Waals surface area (Å²) < 4.78 is 7.28. The molecule has 0 spiro atoms. The van der Waals surface area contributed by atoms with Gasteiger partial charge in [-0.25, -0.2) is 5.10 Å². The minimum Gasteiger partial charge on any atom is -0.496 e. The number of methoxy groups -OCH3 is 1. The fourth-order valence-corrected chi connectivity index (χ4v) is 3.68. The number of fused-ring (bicyclic) bond motifs is 3. The van der Waals surface area contributed by atoms with Crippen LogP contribution in [-0.4, -0.2) is 27.8 Å². The maximum atomic E-state index is 12.4. The average Bonchev–Trinajstić information content (AvgIpc) is 3.08. The Labute approximate surface area is 167 Å². The first-order valence-corrected chi connectivity index (χ1v) is 9.52. The standard InChI is InChI=1S/C22H22N4O3/c1-29-19-10-5-2-7-15(19)13-23-20(27)11-6-12-26-18-9-4-3-8-16(18)17-14-24-25-22(28)21(17)26/h2-5,7-10,14H,6,11-13H2,1H3,(H,23,27)(H,25,28). The molecule has 0 saturated heterocycles. The summed E-state index contributed by atoms with van der Waals surface area (Å²) in [6.07, 6.45) is 2.66. The Hall–Kier alpha value is -3.61. The molecule has 0 aliphatic carbocycles. The Kier molecular flexibility index (Phi) is 5.29. The summed E-state index contributed by atoms with van der Waals surface area (Å²) in [5, 5.41) is 11.2. The van der Waals surface area contributed by atoms with Crippen LogP contribution in [0.15, 0.2) is 59.5 Å². The molecule has 0 aliphatic rings. The summed E-state index contributed by atoms with van der Waals surface area (Å²) in [5.41, 5.74) is 2.27. The van der Waals surface area contributed by atoms with Crippen LogP contribution in [0.4, 0.5) is 0 Å². The predicted octanol–water partition coefficient (Wildman–Crippen LogP) is 2.98. The number of benzene rings is 2. The lowest BCUT2D eigenvalue weighted by molar-refractivity contribution is -0.121. The molecular weight excluding hydrogens is 368 g/mol. The summed E-state index contributed by atoms with van der Waals surface area (Å²) in [6, 6.07) is 15.5. The molecule has 0 saturated carbocycles. The number of hydrogen-bond donors (Lipinski definition) is 2. The number of aromatic amines is 1. The van der Waals surface area contributed by atoms with Crippen molar-refractivity contribution in [3.05, 3.63) is 70.6 Å². The molecular formula is C22H22N4O3. The van der Waals surface area contributed by atoms with Crippen molar-refractivity contribution in [2.45, 2.75) is 25.9 Å². The summed E-state index contributed by atoms with van der Waals surface area (Å²) in [7, 11) is 1.61. The molecule has 29 heavy (non-hydrogen) atoms. The topological polar surface area (TPSA) is 89.0 Å². The number of amides is 1. The maximum absolute atomic E-state index is 12.4. The maximum Gasteiger partial charge on any atom is 0.288 e. The number of nitrogens with zero attached hydrogens (tertiary/aromatic N) is 2. The Morgan fingerprint density at radius 2 is 1.93 bits per heavy atom. The first-order chi connectivity index (χ1) is 14.2. The van der Waals surface area contributed by atoms with Gasteiger partial charge >= 0.3 is 0 Å². The predicted molar refractivity (Wildman–Crippen MR) is 112 cm³/mol. The van der Waals surface area contributed by atoms with Crippen LogP contribution in [0.25, 0.3) is 21.8 Å². The van der Waals surface area contributed by atoms with E-state index < -0.39 is 0 Å². The summed E-state index contributed by atoms with van der Waals surface area (Å²) >= 11 is 0. The number of aryl methyl sites for hydroxylation is 1. The van der Waals surface area contributed by atoms with E-state index in [2.05, 4.69) is 15.5 Å². The van der Waals surface area contributed by atoms with Gasteiger partial charge in [0.1, 0.15) is 11.3 Å². The molecule has 0 fully saturated rings. The zero-order valence-corrected chi connectivity index (χ0v) is 16.1. The number of carbonyl (C=O) groups is 1. The molecule has 4 rings (SSSR count). The van der Waals surface area contributed by atoms with Crippen LogP contribution in [0.2, 0.25) is 0 Å². The van der Waals surface area contributed by atoms with Gasteiger partial charge in [-0.15, -0.1) is 0 Å². The Morgan fingerprint density at radius 3 is 2.79 bits per heavy atom. The monoisotopic (exact) mass is 390 g/mol. The first-order valence-electron chi connectivity index (χ1n) is 9.52. The summed E-state index contributed by atoms with van der Waals surface area (Å²) in [6.45, 7) is 0.989. The second-order valence-electron chi connectivity index (χ2n) is 6.82. The zero-order chi connectivity index (χ0) is 20.2. The van der Waals surface area contributed by atoms with Crippen molar-refractivity contribution < 1.29 is 9.53 Å². The highest BCUT2D eigenvalue weighted by Crippen LogP contribution is 2.26. The van der Waals surface area contributed by atoms with Gasteiger partial charge in [-0.05, 0) is 18.6 Å². The number of H-pyrrole nitrogens is 1. The van der Waals surface area contributed by atoms with Crippen molar-refractivity contribution in [2.24, 2.45) is 0 Å². The quantitative estimate of drug-likeness (QED) is 0.508. The number of rotatable bonds is 7. The lowest BCUT2D eigenvalue weighted by Gasteiger charge is -2.10. The van der Waals surface area contributed by atoms with E-state index in [9.17, 15) is 9.59 Å². The van der Waals surface area contributed by atoms with Crippen molar-refractivity contribution >= 4 is 27.7 Å². The Bertz CT molecular complexity index is 1230. The number of carbonyl (C=O) groups excluding carboxylic acids is 1. The van der Waals surface area contributed by atoms with Crippen LogP contribution in [0.3, 0.4) is 0 Å². The lowest BCUT2D eigenvalue weighted by atomic mass is 10.2. The number of aromatic nitrogens is 3. The molecule has 0 bridgehead atoms. The summed E-state index contributed by atoms with van der Waals surface area (Å²) in [4.78, 5) is 24.7. The van der Waals surface area contributed by atoms with Gasteiger partial charge in [0.25, 0.3) is 5.56 Å². The van der Waals surface area contributed by atoms with Crippen LogP contribution in [-0.2, 0) is 17.9 Å². The van der Waals surface area contributed by atoms with E-state index in [0.717, 1.165) is 27.6 Å². The van der Waals surface area contributed by atoms with Gasteiger partial charge in [0.05, 0.1) is 13.3 Å². The van der Waals surface area contributed by atoms with Gasteiger partial charge in [-0.2, -0.15) is 5.10 Å². The lowest BCUT2D eigenvalue weighted by Crippen LogP contribution is -2.23. The molecule has 4 aromatic rings. The van der Waals surface area contributed by atoms with Crippen molar-refractivity contribution in [1.82, 2.24) is 20.1 Å². The SMILES string of the molecule is COc1ccccc1CNC(=O)CCCn1c2ccccc2c2cn[nH]c(=O)c21. The molecule has 0 unspecified atom stereocenters. The highest BCUT2D eigenvalue weighted by molar-refractivity contribution is 6.07. The molecule has 0 radical (unpaired) electrons. The van der Waals surface area contributed by atoms with Crippen LogP contribution >= 0.6 is 0 Å². The van der Waals surface area contributed by atoms with E-state index in [-0.39, 0.29) is 11.5 Å². The minimum absolute atomic E-state index is 0.0350. The third kappa shape index (κ3) is 3.71. The summed E-state index contributed by atoms with van der Waals surface area (Å²) in [5.74, 6) is 0.721. The van der Waals surface area contributed by atoms with E-state index in [4.69, 9.17) is 4.74 Å². The minimum atomic E-state index is -0.223. The average molecular weight is 390 g/mol. The molecule has 7 heteroatoms.